The van der Waals surface area contributed by atoms with Crippen LogP contribution in [-0.2, 0) is 80.9 Å². The number of rotatable bonds is 20. The molecule has 21 aromatic heterocycles. The van der Waals surface area contributed by atoms with Crippen molar-refractivity contribution in [1.82, 2.24) is 170 Å². The van der Waals surface area contributed by atoms with Crippen molar-refractivity contribution < 1.29 is 23.0 Å². The van der Waals surface area contributed by atoms with Gasteiger partial charge in [0.2, 0.25) is 41.6 Å². The van der Waals surface area contributed by atoms with E-state index in [9.17, 15) is 18.3 Å². The predicted molar refractivity (Wildman–Crippen MR) is 581 cm³/mol. The summed E-state index contributed by atoms with van der Waals surface area (Å²) in [6, 6.07) is 1.30. The molecule has 1 fully saturated rings. The van der Waals surface area contributed by atoms with Crippen molar-refractivity contribution in [3.63, 3.8) is 0 Å². The number of hydrogen-bond acceptors (Lipinski definition) is 30. The van der Waals surface area contributed by atoms with E-state index in [1.54, 1.807) is 119 Å². The zero-order chi connectivity index (χ0) is 108. The molecule has 0 unspecified atom stereocenters. The minimum absolute atomic E-state index is 0.0576. The van der Waals surface area contributed by atoms with Crippen LogP contribution in [-0.4, -0.2) is 189 Å². The molecular weight excluding hydrogens is 2170 g/mol. The summed E-state index contributed by atoms with van der Waals surface area (Å²) >= 11 is 67.2. The Kier molecular flexibility index (Phi) is 33.4. The molecule has 58 heteroatoms. The number of aliphatic hydroxyl groups excluding tert-OH is 1. The van der Waals surface area contributed by atoms with Crippen molar-refractivity contribution in [3.8, 4) is 0 Å². The van der Waals surface area contributed by atoms with Crippen LogP contribution >= 0.6 is 128 Å². The van der Waals surface area contributed by atoms with Gasteiger partial charge in [-0.3, -0.25) is 32.8 Å². The average molecular weight is 2270 g/mol. The molecule has 0 aliphatic carbocycles. The van der Waals surface area contributed by atoms with E-state index in [1.165, 1.54) is 22.5 Å². The fraction of sp³-hybridized carbons (Fsp3) is 0.315. The summed E-state index contributed by atoms with van der Waals surface area (Å²) in [5, 5.41) is 71.1. The first-order chi connectivity index (χ1) is 71.3. The quantitative estimate of drug-likeness (QED) is 0.0351. The summed E-state index contributed by atoms with van der Waals surface area (Å²) in [4.78, 5) is 60.5. The van der Waals surface area contributed by atoms with Crippen molar-refractivity contribution in [1.29, 1.82) is 0 Å². The molecule has 1 aliphatic heterocycles. The second kappa shape index (κ2) is 46.0. The lowest BCUT2D eigenvalue weighted by atomic mass is 10.1. The first-order valence-electron chi connectivity index (χ1n) is 45.9. The number of aliphatic hydroxyl groups is 1. The molecule has 1 saturated heterocycles. The van der Waals surface area contributed by atoms with Gasteiger partial charge in [-0.15, -0.1) is 0 Å². The number of aryl methyl sites for hydroxylation is 10. The van der Waals surface area contributed by atoms with Gasteiger partial charge in [0.1, 0.15) is 60.7 Å². The summed E-state index contributed by atoms with van der Waals surface area (Å²) in [5.41, 5.74) is 10.2. The highest BCUT2D eigenvalue weighted by Crippen LogP contribution is 2.40. The van der Waals surface area contributed by atoms with Crippen LogP contribution in [0.3, 0.4) is 0 Å². The van der Waals surface area contributed by atoms with Gasteiger partial charge in [-0.2, -0.15) is 83.7 Å². The second-order valence-electron chi connectivity index (χ2n) is 35.4. The van der Waals surface area contributed by atoms with Crippen LogP contribution in [0.1, 0.15) is 115 Å². The van der Waals surface area contributed by atoms with Crippen LogP contribution in [0.2, 0.25) is 55.9 Å². The largest absolute Gasteiger partial charge is 0.418 e. The van der Waals surface area contributed by atoms with Gasteiger partial charge in [0.05, 0.1) is 157 Å². The number of hydrogen-bond donors (Lipinski definition) is 8. The molecule has 21 aromatic rings. The van der Waals surface area contributed by atoms with E-state index in [0.29, 0.717) is 137 Å². The van der Waals surface area contributed by atoms with Gasteiger partial charge >= 0.3 is 6.18 Å². The lowest BCUT2D eigenvalue weighted by Gasteiger charge is -2.22. The average Bonchev–Trinajstić information content (AvgIpc) is 1.61. The van der Waals surface area contributed by atoms with Crippen LogP contribution in [0.5, 0.6) is 0 Å². The van der Waals surface area contributed by atoms with Gasteiger partial charge in [0.25, 0.3) is 0 Å². The summed E-state index contributed by atoms with van der Waals surface area (Å²) in [7, 11) is 16.1. The van der Waals surface area contributed by atoms with Crippen LogP contribution < -0.4 is 37.2 Å². The molecule has 786 valence electrons. The van der Waals surface area contributed by atoms with E-state index in [0.717, 1.165) is 116 Å². The number of ether oxygens (including phenoxy) is 1. The van der Waals surface area contributed by atoms with Crippen molar-refractivity contribution in [2.75, 3.05) is 50.4 Å². The molecule has 0 amide bonds. The Balaban J connectivity index is 0.000000125. The monoisotopic (exact) mass is 2260 g/mol. The maximum Gasteiger partial charge on any atom is 0.418 e. The highest BCUT2D eigenvalue weighted by molar-refractivity contribution is 6.38. The topological polar surface area (TPSA) is 453 Å². The van der Waals surface area contributed by atoms with Crippen molar-refractivity contribution >= 4 is 286 Å². The molecule has 22 rings (SSSR count). The Bertz CT molecular complexity index is 8320. The van der Waals surface area contributed by atoms with Gasteiger partial charge in [0.15, 0.2) is 10.3 Å². The Morgan fingerprint density at radius 2 is 0.613 bits per heavy atom. The highest BCUT2D eigenvalue weighted by Gasteiger charge is 2.35. The maximum absolute atomic E-state index is 12.9. The van der Waals surface area contributed by atoms with E-state index in [-0.39, 0.29) is 47.8 Å². The van der Waals surface area contributed by atoms with Crippen LogP contribution in [0.25, 0.3) is 77.2 Å². The molecule has 0 saturated carbocycles. The molecule has 0 bridgehead atoms. The van der Waals surface area contributed by atoms with E-state index in [4.69, 9.17) is 132 Å². The lowest BCUT2D eigenvalue weighted by Crippen LogP contribution is -2.19. The fourth-order valence-corrected chi connectivity index (χ4v) is 17.6. The summed E-state index contributed by atoms with van der Waals surface area (Å²) in [5.74, 6) is 2.90. The van der Waals surface area contributed by atoms with Crippen molar-refractivity contribution in [2.24, 2.45) is 63.4 Å². The van der Waals surface area contributed by atoms with Gasteiger partial charge in [-0.05, 0) is 75.2 Å². The van der Waals surface area contributed by atoms with Crippen LogP contribution in [0.15, 0.2) is 130 Å². The highest BCUT2D eigenvalue weighted by atomic mass is 35.5. The summed E-state index contributed by atoms with van der Waals surface area (Å²) in [6.07, 6.45) is 33.0. The fourth-order valence-electron chi connectivity index (χ4n) is 15.2. The number of nitrogens with zero attached hydrogens (tertiary/aromatic N) is 35. The third-order valence-electron chi connectivity index (χ3n) is 23.2. The molecule has 1 aliphatic rings. The van der Waals surface area contributed by atoms with E-state index in [2.05, 4.69) is 157 Å². The Morgan fingerprint density at radius 3 is 0.920 bits per heavy atom. The van der Waals surface area contributed by atoms with Crippen LogP contribution in [0.4, 0.5) is 94.6 Å². The number of anilines is 14. The molecule has 44 nitrogen and oxygen atoms in total. The molecule has 150 heavy (non-hydrogen) atoms. The Hall–Kier alpha value is -13.7. The van der Waals surface area contributed by atoms with Crippen molar-refractivity contribution in [2.45, 2.75) is 118 Å². The van der Waals surface area contributed by atoms with E-state index >= 15 is 0 Å². The molecule has 0 spiro atoms. The molecule has 22 heterocycles. The summed E-state index contributed by atoms with van der Waals surface area (Å²) in [6.45, 7) is 19.7. The van der Waals surface area contributed by atoms with Gasteiger partial charge < -0.3 is 79.0 Å². The summed E-state index contributed by atoms with van der Waals surface area (Å²) < 4.78 is 68.7. The molecule has 8 N–H and O–H groups in total. The first kappa shape index (κ1) is 109. The lowest BCUT2D eigenvalue weighted by molar-refractivity contribution is -0.136. The zero-order valence-corrected chi connectivity index (χ0v) is 91.7. The number of nitrogens with one attached hydrogen (secondary N) is 7. The normalized spacial score (nSPS) is 12.3. The predicted octanol–water partition coefficient (Wildman–Crippen LogP) is 23.1. The number of alkyl halides is 3. The molecule has 0 radical (unpaired) electrons. The third-order valence-corrected chi connectivity index (χ3v) is 26.9. The SMILES string of the molecule is CC(C)n1cc(Nc2ncc3c(Cl)cn(C(C)C)c3n2)c(Cl)n1.CC(C)n1cc(Nc2ncc3c(Cl)cn(C)c3n2)c(CO)n1.CC(C)n1cc(Nc2ncc3c(Cl)cn(C)c3n2)c(Cl)n1.Cc1nn(C2CCOCC2)cc1Nc1ncc2c(Cl)cn(C)c2n1.Cn1ncc(Nc2ncc3c(C(F)(F)F)cn(C)c3n2)c1Cl.Cn1ncc(Nc2ncc3c(Cl)cn(C)c3n2)c1Cl.Cn1ncc(Nc2ncc3c(Cl)cn(C)c3n2)c1Cl. The first-order valence-corrected chi connectivity index (χ1v) is 50.0. The Labute approximate surface area is 907 Å². The second-order valence-corrected chi connectivity index (χ2v) is 39.6. The number of fused-ring (bicyclic) bond motifs is 7. The molecular formula is C92H98Cl11F3N42O2. The van der Waals surface area contributed by atoms with E-state index in [1.807, 2.05) is 153 Å². The third kappa shape index (κ3) is 24.5. The minimum Gasteiger partial charge on any atom is -0.390 e. The van der Waals surface area contributed by atoms with Gasteiger partial charge in [-0.25, -0.2) is 34.9 Å². The standard InChI is InChI=1S/C16H19ClN6O.C15H18Cl2N6.C14H17ClN6O.C13H14Cl2N6.C12H10ClF3N6.2C11H10Cl2N6/c1-10-14(9-23(21-10)11-3-5-24-6-4-11)19-16-18-7-12-13(17)8-22(2)15(12)20-16;1-8(2)22-6-11(16)10-5-18-15(20-14(10)22)19-12-7-23(9(3)4)21-13(12)17;1-8(2)21-6-11(12(7-22)19-21)17-14-16-4-9-10(15)5-20(3)13(9)18-14;1-7(2)21-6-10(11(15)19-21)17-13-16-4-8-9(14)5-20(3)12(8)18-13;1-21-5-7(12(14,15)16)6-3-17-11(20-10(6)21)19-8-4-18-22(2)9(8)13;2*1-18-5-7(12)6-3-14-11(17-10(6)18)16-8-4-15-19(2)9(8)13/h7-9,11H,3-6H2,1-2H3,(H,18,19,20);5-9H,1-4H3,(H,18,19,20);4-6,8,22H,7H2,1-3H3,(H,16,17,18);4-7H,1-3H3,(H,16,17,18);3-5H,1-2H3,(H,17,19,20);2*3-5H,1-2H3,(H,14,16,17). The number of halogens is 14. The minimum atomic E-state index is -4.45. The maximum atomic E-state index is 12.9. The van der Waals surface area contributed by atoms with Crippen molar-refractivity contribution in [3.05, 3.63) is 203 Å². The Morgan fingerprint density at radius 1 is 0.333 bits per heavy atom. The van der Waals surface area contributed by atoms with Crippen LogP contribution in [0, 0.1) is 6.92 Å². The number of aromatic nitrogens is 35. The molecule has 0 atom stereocenters. The smallest absolute Gasteiger partial charge is 0.390 e. The molecule has 0 aromatic carbocycles. The van der Waals surface area contributed by atoms with Gasteiger partial charge in [0, 0.05) is 205 Å². The van der Waals surface area contributed by atoms with Gasteiger partial charge in [-0.1, -0.05) is 128 Å². The zero-order valence-electron chi connectivity index (χ0n) is 83.3. The van der Waals surface area contributed by atoms with E-state index < -0.39 is 11.7 Å².